The highest BCUT2D eigenvalue weighted by molar-refractivity contribution is 5.70. The Bertz CT molecular complexity index is 643. The summed E-state index contributed by atoms with van der Waals surface area (Å²) >= 11 is 0. The molecule has 1 aromatic carbocycles. The molecule has 134 valence electrons. The van der Waals surface area contributed by atoms with E-state index in [0.29, 0.717) is 25.1 Å². The van der Waals surface area contributed by atoms with Crippen molar-refractivity contribution in [3.8, 4) is 5.75 Å². The maximum absolute atomic E-state index is 12.0. The number of hydrogen-bond donors (Lipinski definition) is 1. The lowest BCUT2D eigenvalue weighted by Gasteiger charge is -2.19. The minimum Gasteiger partial charge on any atom is -0.490 e. The molecule has 1 aromatic heterocycles. The number of imidazole rings is 1. The van der Waals surface area contributed by atoms with Gasteiger partial charge in [-0.2, -0.15) is 0 Å². The number of benzene rings is 1. The Morgan fingerprint density at radius 2 is 1.92 bits per heavy atom. The van der Waals surface area contributed by atoms with Crippen LogP contribution in [0.2, 0.25) is 0 Å². The molecule has 0 spiro atoms. The number of rotatable bonds is 11. The Balaban J connectivity index is 1.83. The summed E-state index contributed by atoms with van der Waals surface area (Å²) in [5.41, 5.74) is 0. The summed E-state index contributed by atoms with van der Waals surface area (Å²) in [6.07, 6.45) is 5.83. The summed E-state index contributed by atoms with van der Waals surface area (Å²) in [5, 5.41) is 8.60. The highest BCUT2D eigenvalue weighted by Crippen LogP contribution is 2.11. The second-order valence-electron chi connectivity index (χ2n) is 5.60. The molecular weight excluding hydrogens is 324 g/mol. The molecule has 0 aliphatic rings. The molecule has 7 heteroatoms. The van der Waals surface area contributed by atoms with E-state index in [1.165, 1.54) is 0 Å². The fraction of sp³-hybridized carbons (Fsp3) is 0.389. The van der Waals surface area contributed by atoms with Crippen LogP contribution in [0, 0.1) is 0 Å². The van der Waals surface area contributed by atoms with Crippen molar-refractivity contribution in [3.05, 3.63) is 49.1 Å². The number of aliphatic carboxylic acids is 1. The minimum absolute atomic E-state index is 0.0584. The van der Waals surface area contributed by atoms with Gasteiger partial charge in [-0.3, -0.25) is 9.59 Å². The van der Waals surface area contributed by atoms with Gasteiger partial charge in [-0.1, -0.05) is 18.2 Å². The lowest BCUT2D eigenvalue weighted by molar-refractivity contribution is -0.151. The van der Waals surface area contributed by atoms with Crippen LogP contribution >= 0.6 is 0 Å². The maximum Gasteiger partial charge on any atom is 0.306 e. The molecule has 0 aliphatic carbocycles. The first-order chi connectivity index (χ1) is 12.1. The van der Waals surface area contributed by atoms with E-state index >= 15 is 0 Å². The van der Waals surface area contributed by atoms with Crippen LogP contribution in [0.3, 0.4) is 0 Å². The van der Waals surface area contributed by atoms with Crippen LogP contribution in [0.25, 0.3) is 0 Å². The topological polar surface area (TPSA) is 90.6 Å². The fourth-order valence-corrected chi connectivity index (χ4v) is 2.25. The second-order valence-corrected chi connectivity index (χ2v) is 5.60. The predicted molar refractivity (Wildman–Crippen MR) is 90.1 cm³/mol. The van der Waals surface area contributed by atoms with Crippen LogP contribution in [-0.2, 0) is 20.9 Å². The molecule has 2 rings (SSSR count). The Kier molecular flexibility index (Phi) is 7.49. The smallest absolute Gasteiger partial charge is 0.306 e. The van der Waals surface area contributed by atoms with Crippen molar-refractivity contribution in [2.75, 3.05) is 6.61 Å². The van der Waals surface area contributed by atoms with Gasteiger partial charge in [-0.05, 0) is 25.0 Å². The molecule has 0 saturated heterocycles. The minimum atomic E-state index is -0.859. The number of carbonyl (C=O) groups excluding carboxylic acids is 1. The number of nitrogens with zero attached hydrogens (tertiary/aromatic N) is 2. The van der Waals surface area contributed by atoms with Gasteiger partial charge in [0.25, 0.3) is 0 Å². The average molecular weight is 346 g/mol. The van der Waals surface area contributed by atoms with Crippen LogP contribution in [0.4, 0.5) is 0 Å². The number of esters is 1. The summed E-state index contributed by atoms with van der Waals surface area (Å²) < 4.78 is 13.0. The van der Waals surface area contributed by atoms with Gasteiger partial charge in [0.15, 0.2) is 6.10 Å². The summed E-state index contributed by atoms with van der Waals surface area (Å²) in [6.45, 7) is 0.663. The number of unbranched alkanes of at least 4 members (excludes halogenated alkanes) is 1. The number of carboxylic acids is 1. The van der Waals surface area contributed by atoms with Gasteiger partial charge in [0.1, 0.15) is 12.4 Å². The molecule has 0 radical (unpaired) electrons. The summed E-state index contributed by atoms with van der Waals surface area (Å²) in [6, 6.07) is 9.31. The highest BCUT2D eigenvalue weighted by Gasteiger charge is 2.16. The van der Waals surface area contributed by atoms with E-state index in [2.05, 4.69) is 4.98 Å². The second kappa shape index (κ2) is 10.1. The molecule has 1 unspecified atom stereocenters. The molecule has 0 fully saturated rings. The van der Waals surface area contributed by atoms with Gasteiger partial charge >= 0.3 is 11.9 Å². The first-order valence-corrected chi connectivity index (χ1v) is 8.18. The molecule has 1 N–H and O–H groups in total. The van der Waals surface area contributed by atoms with Gasteiger partial charge in [0, 0.05) is 25.2 Å². The molecule has 1 heterocycles. The molecular formula is C18H22N2O5. The molecule has 0 aliphatic heterocycles. The maximum atomic E-state index is 12.0. The molecule has 25 heavy (non-hydrogen) atoms. The van der Waals surface area contributed by atoms with Crippen LogP contribution in [0.15, 0.2) is 49.1 Å². The first-order valence-electron chi connectivity index (χ1n) is 8.18. The van der Waals surface area contributed by atoms with Crippen LogP contribution in [0.5, 0.6) is 5.75 Å². The first kappa shape index (κ1) is 18.5. The normalized spacial score (nSPS) is 11.7. The largest absolute Gasteiger partial charge is 0.490 e. The van der Waals surface area contributed by atoms with Crippen molar-refractivity contribution in [2.45, 2.75) is 38.3 Å². The van der Waals surface area contributed by atoms with E-state index in [4.69, 9.17) is 14.6 Å². The van der Waals surface area contributed by atoms with E-state index in [-0.39, 0.29) is 25.4 Å². The zero-order valence-corrected chi connectivity index (χ0v) is 13.9. The van der Waals surface area contributed by atoms with Gasteiger partial charge < -0.3 is 19.1 Å². The lowest BCUT2D eigenvalue weighted by atomic mass is 10.2. The standard InChI is InChI=1S/C18H22N2O5/c21-17(22)8-4-5-9-18(23)25-16(12-20-11-10-19-14-20)13-24-15-6-2-1-3-7-15/h1-3,6-7,10-11,14,16H,4-5,8-9,12-13H2,(H,21,22). The Hall–Kier alpha value is -2.83. The van der Waals surface area contributed by atoms with E-state index in [9.17, 15) is 9.59 Å². The number of ether oxygens (including phenoxy) is 2. The summed E-state index contributed by atoms with van der Waals surface area (Å²) in [4.78, 5) is 26.4. The van der Waals surface area contributed by atoms with Gasteiger partial charge in [-0.25, -0.2) is 4.98 Å². The molecule has 7 nitrogen and oxygen atoms in total. The third-order valence-corrected chi connectivity index (χ3v) is 3.47. The van der Waals surface area contributed by atoms with Crippen LogP contribution < -0.4 is 4.74 Å². The van der Waals surface area contributed by atoms with Gasteiger partial charge in [0.2, 0.25) is 0 Å². The molecule has 1 atom stereocenters. The molecule has 0 bridgehead atoms. The van der Waals surface area contributed by atoms with E-state index in [0.717, 1.165) is 0 Å². The van der Waals surface area contributed by atoms with Crippen molar-refractivity contribution in [3.63, 3.8) is 0 Å². The molecule has 0 amide bonds. The fourth-order valence-electron chi connectivity index (χ4n) is 2.25. The highest BCUT2D eigenvalue weighted by atomic mass is 16.6. The van der Waals surface area contributed by atoms with Crippen molar-refractivity contribution in [1.82, 2.24) is 9.55 Å². The van der Waals surface area contributed by atoms with Crippen LogP contribution in [-0.4, -0.2) is 39.3 Å². The Morgan fingerprint density at radius 3 is 2.60 bits per heavy atom. The predicted octanol–water partition coefficient (Wildman–Crippen LogP) is 2.52. The summed E-state index contributed by atoms with van der Waals surface area (Å²) in [7, 11) is 0. The van der Waals surface area contributed by atoms with Gasteiger partial charge in [-0.15, -0.1) is 0 Å². The van der Waals surface area contributed by atoms with E-state index < -0.39 is 12.1 Å². The Morgan fingerprint density at radius 1 is 1.16 bits per heavy atom. The lowest BCUT2D eigenvalue weighted by Crippen LogP contribution is -2.29. The number of carboxylic acid groups (broad SMARTS) is 1. The molecule has 2 aromatic rings. The number of hydrogen-bond acceptors (Lipinski definition) is 5. The average Bonchev–Trinajstić information content (AvgIpc) is 3.10. The van der Waals surface area contributed by atoms with Gasteiger partial charge in [0.05, 0.1) is 12.9 Å². The van der Waals surface area contributed by atoms with Crippen molar-refractivity contribution in [1.29, 1.82) is 0 Å². The van der Waals surface area contributed by atoms with E-state index in [1.54, 1.807) is 18.7 Å². The van der Waals surface area contributed by atoms with Crippen molar-refractivity contribution in [2.24, 2.45) is 0 Å². The monoisotopic (exact) mass is 346 g/mol. The van der Waals surface area contributed by atoms with E-state index in [1.807, 2.05) is 34.9 Å². The quantitative estimate of drug-likeness (QED) is 0.497. The zero-order valence-electron chi connectivity index (χ0n) is 13.9. The zero-order chi connectivity index (χ0) is 17.9. The third-order valence-electron chi connectivity index (χ3n) is 3.47. The molecule has 0 saturated carbocycles. The van der Waals surface area contributed by atoms with Crippen LogP contribution in [0.1, 0.15) is 25.7 Å². The SMILES string of the molecule is O=C(O)CCCCC(=O)OC(COc1ccccc1)Cn1ccnc1. The van der Waals surface area contributed by atoms with Crippen molar-refractivity contribution < 1.29 is 24.2 Å². The third kappa shape index (κ3) is 7.52. The van der Waals surface area contributed by atoms with Crippen molar-refractivity contribution >= 4 is 11.9 Å². The number of aromatic nitrogens is 2. The number of para-hydroxylation sites is 1. The number of carbonyl (C=O) groups is 2. The Labute approximate surface area is 146 Å². The summed E-state index contributed by atoms with van der Waals surface area (Å²) in [5.74, 6) is -0.509.